The second-order valence-electron chi connectivity index (χ2n) is 6.78. The van der Waals surface area contributed by atoms with Gasteiger partial charge in [-0.2, -0.15) is 13.2 Å². The topological polar surface area (TPSA) is 75.3 Å². The number of aryl methyl sites for hydroxylation is 1. The molecule has 0 unspecified atom stereocenters. The smallest absolute Gasteiger partial charge is 0.326 e. The van der Waals surface area contributed by atoms with Crippen LogP contribution in [0.15, 0.2) is 47.4 Å². The maximum Gasteiger partial charge on any atom is 0.419 e. The molecular formula is C19H18F4N2O3S. The van der Waals surface area contributed by atoms with Crippen LogP contribution < -0.4 is 10.0 Å². The first-order chi connectivity index (χ1) is 13.5. The molecule has 2 aromatic rings. The van der Waals surface area contributed by atoms with Gasteiger partial charge < -0.3 is 5.32 Å². The summed E-state index contributed by atoms with van der Waals surface area (Å²) in [6.45, 7) is 0. The van der Waals surface area contributed by atoms with Gasteiger partial charge in [-0.05, 0) is 55.2 Å². The van der Waals surface area contributed by atoms with E-state index in [2.05, 4.69) is 10.0 Å². The maximum absolute atomic E-state index is 13.3. The third-order valence-corrected chi connectivity index (χ3v) is 5.87. The van der Waals surface area contributed by atoms with E-state index >= 15 is 0 Å². The summed E-state index contributed by atoms with van der Waals surface area (Å²) in [7, 11) is -3.56. The van der Waals surface area contributed by atoms with Crippen LogP contribution in [0.25, 0.3) is 0 Å². The first-order valence-electron chi connectivity index (χ1n) is 8.82. The SMILES string of the molecule is O=C(CCc1ccc(S(=O)(=O)NC2CC2)cc1)Nc1ccc(F)c(C(F)(F)F)c1. The average molecular weight is 430 g/mol. The number of anilines is 1. The minimum Gasteiger partial charge on any atom is -0.326 e. The van der Waals surface area contributed by atoms with Crippen molar-refractivity contribution >= 4 is 21.6 Å². The predicted octanol–water partition coefficient (Wildman–Crippen LogP) is 3.86. The van der Waals surface area contributed by atoms with Crippen molar-refractivity contribution in [3.63, 3.8) is 0 Å². The van der Waals surface area contributed by atoms with Crippen LogP contribution in [0.4, 0.5) is 23.2 Å². The predicted molar refractivity (Wildman–Crippen MR) is 98.1 cm³/mol. The Morgan fingerprint density at radius 1 is 1.07 bits per heavy atom. The number of halogens is 4. The quantitative estimate of drug-likeness (QED) is 0.655. The van der Waals surface area contributed by atoms with Gasteiger partial charge in [-0.25, -0.2) is 17.5 Å². The van der Waals surface area contributed by atoms with E-state index in [0.717, 1.165) is 18.9 Å². The molecule has 2 N–H and O–H groups in total. The Bertz CT molecular complexity index is 1000. The number of carbonyl (C=O) groups is 1. The van der Waals surface area contributed by atoms with Gasteiger partial charge in [0.2, 0.25) is 15.9 Å². The van der Waals surface area contributed by atoms with Gasteiger partial charge in [0.15, 0.2) is 0 Å². The zero-order chi connectivity index (χ0) is 21.2. The van der Waals surface area contributed by atoms with Crippen molar-refractivity contribution < 1.29 is 30.8 Å². The van der Waals surface area contributed by atoms with Crippen molar-refractivity contribution in [3.05, 3.63) is 59.4 Å². The summed E-state index contributed by atoms with van der Waals surface area (Å²) < 4.78 is 78.2. The number of rotatable bonds is 7. The molecule has 0 heterocycles. The summed E-state index contributed by atoms with van der Waals surface area (Å²) in [5.41, 5.74) is -0.913. The number of alkyl halides is 3. The lowest BCUT2D eigenvalue weighted by Crippen LogP contribution is -2.25. The number of hydrogen-bond donors (Lipinski definition) is 2. The molecule has 1 aliphatic rings. The number of sulfonamides is 1. The number of amides is 1. The molecule has 1 fully saturated rings. The molecule has 10 heteroatoms. The van der Waals surface area contributed by atoms with Gasteiger partial charge in [0.25, 0.3) is 0 Å². The van der Waals surface area contributed by atoms with Crippen molar-refractivity contribution in [3.8, 4) is 0 Å². The fourth-order valence-corrected chi connectivity index (χ4v) is 3.93. The number of benzene rings is 2. The Kier molecular flexibility index (Phi) is 5.95. The highest BCUT2D eigenvalue weighted by molar-refractivity contribution is 7.89. The van der Waals surface area contributed by atoms with Gasteiger partial charge in [0, 0.05) is 18.2 Å². The standard InChI is InChI=1S/C19H18F4N2O3S/c20-17-9-6-14(11-16(17)19(21,22)23)24-18(26)10-3-12-1-7-15(8-2-12)29(27,28)25-13-4-5-13/h1-2,6-9,11,13,25H,3-5,10H2,(H,24,26). The normalized spacial score (nSPS) is 14.6. The fraction of sp³-hybridized carbons (Fsp3) is 0.316. The Morgan fingerprint density at radius 2 is 1.72 bits per heavy atom. The van der Waals surface area contributed by atoms with Crippen molar-refractivity contribution in [2.75, 3.05) is 5.32 Å². The molecule has 29 heavy (non-hydrogen) atoms. The van der Waals surface area contributed by atoms with E-state index in [1.54, 1.807) is 12.1 Å². The van der Waals surface area contributed by atoms with Crippen molar-refractivity contribution in [1.29, 1.82) is 0 Å². The third-order valence-electron chi connectivity index (χ3n) is 4.33. The summed E-state index contributed by atoms with van der Waals surface area (Å²) >= 11 is 0. The summed E-state index contributed by atoms with van der Waals surface area (Å²) in [6, 6.07) is 8.26. The molecule has 0 radical (unpaired) electrons. The molecular weight excluding hydrogens is 412 g/mol. The van der Waals surface area contributed by atoms with Crippen molar-refractivity contribution in [2.24, 2.45) is 0 Å². The molecule has 5 nitrogen and oxygen atoms in total. The largest absolute Gasteiger partial charge is 0.419 e. The van der Waals surface area contributed by atoms with E-state index in [1.165, 1.54) is 12.1 Å². The molecule has 0 aliphatic heterocycles. The van der Waals surface area contributed by atoms with E-state index in [9.17, 15) is 30.8 Å². The van der Waals surface area contributed by atoms with E-state index < -0.39 is 33.5 Å². The van der Waals surface area contributed by atoms with Crippen molar-refractivity contribution in [2.45, 2.75) is 42.8 Å². The summed E-state index contributed by atoms with van der Waals surface area (Å²) in [5.74, 6) is -1.96. The van der Waals surface area contributed by atoms with Crippen LogP contribution in [0.2, 0.25) is 0 Å². The molecule has 1 saturated carbocycles. The lowest BCUT2D eigenvalue weighted by atomic mass is 10.1. The van der Waals surface area contributed by atoms with Gasteiger partial charge in [-0.3, -0.25) is 4.79 Å². The second kappa shape index (κ2) is 8.11. The monoisotopic (exact) mass is 430 g/mol. The average Bonchev–Trinajstić information content (AvgIpc) is 3.44. The molecule has 0 bridgehead atoms. The fourth-order valence-electron chi connectivity index (χ4n) is 2.63. The summed E-state index contributed by atoms with van der Waals surface area (Å²) in [5, 5.41) is 2.30. The van der Waals surface area contributed by atoms with Gasteiger partial charge in [0.05, 0.1) is 10.5 Å². The number of nitrogens with one attached hydrogen (secondary N) is 2. The van der Waals surface area contributed by atoms with Crippen molar-refractivity contribution in [1.82, 2.24) is 4.72 Å². The second-order valence-corrected chi connectivity index (χ2v) is 8.49. The highest BCUT2D eigenvalue weighted by Crippen LogP contribution is 2.33. The van der Waals surface area contributed by atoms with Crippen LogP contribution in [0.3, 0.4) is 0 Å². The van der Waals surface area contributed by atoms with Gasteiger partial charge in [-0.15, -0.1) is 0 Å². The molecule has 0 spiro atoms. The van der Waals surface area contributed by atoms with E-state index in [0.29, 0.717) is 17.7 Å². The van der Waals surface area contributed by atoms with Gasteiger partial charge in [-0.1, -0.05) is 12.1 Å². The Balaban J connectivity index is 1.57. The molecule has 3 rings (SSSR count). The molecule has 0 saturated heterocycles. The third kappa shape index (κ3) is 5.77. The van der Waals surface area contributed by atoms with Gasteiger partial charge >= 0.3 is 6.18 Å². The maximum atomic E-state index is 13.3. The van der Waals surface area contributed by atoms with Crippen LogP contribution in [-0.4, -0.2) is 20.4 Å². The van der Waals surface area contributed by atoms with E-state index in [4.69, 9.17) is 0 Å². The lowest BCUT2D eigenvalue weighted by Gasteiger charge is -2.11. The first kappa shape index (κ1) is 21.3. The molecule has 156 valence electrons. The number of carbonyl (C=O) groups excluding carboxylic acids is 1. The van der Waals surface area contributed by atoms with E-state index in [1.807, 2.05) is 0 Å². The van der Waals surface area contributed by atoms with Crippen LogP contribution in [0, 0.1) is 5.82 Å². The first-order valence-corrected chi connectivity index (χ1v) is 10.3. The lowest BCUT2D eigenvalue weighted by molar-refractivity contribution is -0.140. The zero-order valence-electron chi connectivity index (χ0n) is 15.1. The molecule has 1 aliphatic carbocycles. The molecule has 2 aromatic carbocycles. The Hall–Kier alpha value is -2.46. The minimum atomic E-state index is -4.86. The van der Waals surface area contributed by atoms with E-state index in [-0.39, 0.29) is 29.5 Å². The molecule has 0 aromatic heterocycles. The summed E-state index contributed by atoms with van der Waals surface area (Å²) in [4.78, 5) is 12.1. The van der Waals surface area contributed by atoms with Crippen LogP contribution in [-0.2, 0) is 27.4 Å². The number of hydrogen-bond acceptors (Lipinski definition) is 3. The highest BCUT2D eigenvalue weighted by atomic mass is 32.2. The molecule has 1 amide bonds. The van der Waals surface area contributed by atoms with Crippen LogP contribution in [0.1, 0.15) is 30.4 Å². The summed E-state index contributed by atoms with van der Waals surface area (Å²) in [6.07, 6.45) is -2.99. The zero-order valence-corrected chi connectivity index (χ0v) is 15.9. The van der Waals surface area contributed by atoms with Gasteiger partial charge in [0.1, 0.15) is 5.82 Å². The Labute approximate surface area is 165 Å². The van der Waals surface area contributed by atoms with Crippen LogP contribution in [0.5, 0.6) is 0 Å². The highest BCUT2D eigenvalue weighted by Gasteiger charge is 2.34. The van der Waals surface area contributed by atoms with Crippen LogP contribution >= 0.6 is 0 Å². The minimum absolute atomic E-state index is 0.00676. The Morgan fingerprint density at radius 3 is 2.31 bits per heavy atom. The molecule has 0 atom stereocenters.